The monoisotopic (exact) mass is 416 g/mol. The van der Waals surface area contributed by atoms with Crippen LogP contribution in [0.2, 0.25) is 0 Å². The van der Waals surface area contributed by atoms with Crippen molar-refractivity contribution in [3.63, 3.8) is 0 Å². The Hall–Kier alpha value is -3.11. The molecule has 5 N–H and O–H groups in total. The summed E-state index contributed by atoms with van der Waals surface area (Å²) in [6.45, 7) is 1.45. The van der Waals surface area contributed by atoms with Crippen molar-refractivity contribution in [2.24, 2.45) is 0 Å². The number of hydrogen-bond donors (Lipinski definition) is 5. The van der Waals surface area contributed by atoms with Crippen LogP contribution in [0.25, 0.3) is 22.3 Å². The van der Waals surface area contributed by atoms with Crippen molar-refractivity contribution in [2.75, 3.05) is 0 Å². The molecule has 1 saturated heterocycles. The number of hydrogen-bond acceptors (Lipinski definition) is 9. The second-order valence-corrected chi connectivity index (χ2v) is 7.09. The van der Waals surface area contributed by atoms with Crippen molar-refractivity contribution in [3.05, 3.63) is 52.7 Å². The summed E-state index contributed by atoms with van der Waals surface area (Å²) in [5, 5.41) is 50.5. The Morgan fingerprint density at radius 2 is 1.67 bits per heavy atom. The molecular formula is C21H20O9. The highest BCUT2D eigenvalue weighted by Crippen LogP contribution is 2.43. The summed E-state index contributed by atoms with van der Waals surface area (Å²) >= 11 is 0. The van der Waals surface area contributed by atoms with Crippen LogP contribution in [0, 0.1) is 0 Å². The molecule has 0 saturated carbocycles. The molecule has 2 aromatic carbocycles. The van der Waals surface area contributed by atoms with E-state index in [9.17, 15) is 30.3 Å². The van der Waals surface area contributed by atoms with E-state index in [1.165, 1.54) is 13.0 Å². The fourth-order valence-corrected chi connectivity index (χ4v) is 3.36. The molecule has 5 atom stereocenters. The summed E-state index contributed by atoms with van der Waals surface area (Å²) in [7, 11) is 0. The van der Waals surface area contributed by atoms with Gasteiger partial charge < -0.3 is 39.4 Å². The van der Waals surface area contributed by atoms with Gasteiger partial charge in [0.2, 0.25) is 12.0 Å². The van der Waals surface area contributed by atoms with Gasteiger partial charge in [0.15, 0.2) is 16.9 Å². The smallest absolute Gasteiger partial charge is 0.229 e. The van der Waals surface area contributed by atoms with Crippen LogP contribution in [-0.2, 0) is 4.74 Å². The first-order valence-electron chi connectivity index (χ1n) is 9.22. The fraction of sp³-hybridized carbons (Fsp3) is 0.286. The number of aliphatic hydroxyl groups is 3. The molecule has 0 bridgehead atoms. The molecule has 0 spiro atoms. The SMILES string of the molecule is C[C@H]1OC(Oc2c(O)cc3oc(-c4ccccc4)cc(=O)c3c2O)[C@H](O)[C@@H](O)[C@@H]1O. The summed E-state index contributed by atoms with van der Waals surface area (Å²) in [4.78, 5) is 12.6. The van der Waals surface area contributed by atoms with Crippen LogP contribution in [0.1, 0.15) is 6.92 Å². The van der Waals surface area contributed by atoms with Crippen molar-refractivity contribution in [1.29, 1.82) is 0 Å². The Morgan fingerprint density at radius 3 is 2.37 bits per heavy atom. The number of benzene rings is 2. The summed E-state index contributed by atoms with van der Waals surface area (Å²) < 4.78 is 16.4. The third kappa shape index (κ3) is 3.37. The van der Waals surface area contributed by atoms with Gasteiger partial charge in [-0.1, -0.05) is 30.3 Å². The van der Waals surface area contributed by atoms with Crippen molar-refractivity contribution < 1.29 is 39.4 Å². The lowest BCUT2D eigenvalue weighted by Crippen LogP contribution is -2.58. The van der Waals surface area contributed by atoms with Crippen molar-refractivity contribution in [2.45, 2.75) is 37.6 Å². The quantitative estimate of drug-likeness (QED) is 0.423. The average molecular weight is 416 g/mol. The topological polar surface area (TPSA) is 150 Å². The van der Waals surface area contributed by atoms with Crippen LogP contribution in [0.4, 0.5) is 0 Å². The van der Waals surface area contributed by atoms with E-state index >= 15 is 0 Å². The summed E-state index contributed by atoms with van der Waals surface area (Å²) in [6.07, 6.45) is -6.98. The highest BCUT2D eigenvalue weighted by molar-refractivity contribution is 5.89. The molecule has 2 heterocycles. The molecule has 0 aliphatic carbocycles. The van der Waals surface area contributed by atoms with Gasteiger partial charge >= 0.3 is 0 Å². The first kappa shape index (κ1) is 20.2. The van der Waals surface area contributed by atoms with E-state index in [0.717, 1.165) is 6.07 Å². The molecule has 1 aromatic heterocycles. The lowest BCUT2D eigenvalue weighted by molar-refractivity contribution is -0.268. The molecule has 4 rings (SSSR count). The van der Waals surface area contributed by atoms with E-state index in [2.05, 4.69) is 0 Å². The Labute approximate surface area is 170 Å². The molecule has 158 valence electrons. The zero-order valence-electron chi connectivity index (χ0n) is 15.8. The molecule has 0 radical (unpaired) electrons. The summed E-state index contributed by atoms with van der Waals surface area (Å²) in [5.41, 5.74) is -0.0138. The average Bonchev–Trinajstić information content (AvgIpc) is 2.73. The van der Waals surface area contributed by atoms with Gasteiger partial charge in [-0.05, 0) is 6.92 Å². The van der Waals surface area contributed by atoms with Gasteiger partial charge in [-0.2, -0.15) is 0 Å². The number of aliphatic hydroxyl groups excluding tert-OH is 3. The van der Waals surface area contributed by atoms with E-state index in [0.29, 0.717) is 5.56 Å². The second kappa shape index (κ2) is 7.62. The normalized spacial score (nSPS) is 26.6. The Morgan fingerprint density at radius 1 is 0.967 bits per heavy atom. The van der Waals surface area contributed by atoms with Gasteiger partial charge in [-0.3, -0.25) is 4.79 Å². The molecule has 9 nitrogen and oxygen atoms in total. The standard InChI is InChI=1S/C21H20O9/c1-9-16(24)18(26)19(27)21(28-9)30-20-12(23)8-14-15(17(20)25)11(22)7-13(29-14)10-5-3-2-4-6-10/h2-9,16,18-19,21,23-27H,1H3/t9-,16-,18+,19-,21?/m1/s1. The first-order valence-corrected chi connectivity index (χ1v) is 9.22. The molecule has 0 amide bonds. The van der Waals surface area contributed by atoms with Crippen LogP contribution < -0.4 is 10.2 Å². The van der Waals surface area contributed by atoms with E-state index in [1.54, 1.807) is 24.3 Å². The van der Waals surface area contributed by atoms with Crippen LogP contribution in [0.5, 0.6) is 17.2 Å². The van der Waals surface area contributed by atoms with Crippen molar-refractivity contribution >= 4 is 11.0 Å². The number of phenolic OH excluding ortho intramolecular Hbond substituents is 2. The van der Waals surface area contributed by atoms with Crippen LogP contribution in [0.3, 0.4) is 0 Å². The van der Waals surface area contributed by atoms with Crippen molar-refractivity contribution in [3.8, 4) is 28.6 Å². The zero-order valence-corrected chi connectivity index (χ0v) is 15.8. The van der Waals surface area contributed by atoms with Crippen LogP contribution in [-0.4, -0.2) is 56.2 Å². The molecular weight excluding hydrogens is 396 g/mol. The van der Waals surface area contributed by atoms with Gasteiger partial charge in [0.05, 0.1) is 6.10 Å². The van der Waals surface area contributed by atoms with Gasteiger partial charge in [-0.15, -0.1) is 0 Å². The molecule has 1 aliphatic rings. The molecule has 1 unspecified atom stereocenters. The minimum atomic E-state index is -1.66. The number of aromatic hydroxyl groups is 2. The maximum absolute atomic E-state index is 12.6. The lowest BCUT2D eigenvalue weighted by Gasteiger charge is -2.38. The van der Waals surface area contributed by atoms with Gasteiger partial charge in [0.25, 0.3) is 0 Å². The maximum Gasteiger partial charge on any atom is 0.229 e. The lowest BCUT2D eigenvalue weighted by atomic mass is 10.00. The zero-order chi connectivity index (χ0) is 21.6. The summed E-state index contributed by atoms with van der Waals surface area (Å²) in [5.74, 6) is -1.56. The van der Waals surface area contributed by atoms with E-state index in [1.807, 2.05) is 6.07 Å². The highest BCUT2D eigenvalue weighted by Gasteiger charge is 2.43. The van der Waals surface area contributed by atoms with E-state index in [-0.39, 0.29) is 16.7 Å². The number of ether oxygens (including phenoxy) is 2. The minimum Gasteiger partial charge on any atom is -0.504 e. The molecule has 3 aromatic rings. The number of phenols is 2. The molecule has 30 heavy (non-hydrogen) atoms. The molecule has 9 heteroatoms. The maximum atomic E-state index is 12.6. The van der Waals surface area contributed by atoms with E-state index < -0.39 is 53.4 Å². The van der Waals surface area contributed by atoms with Gasteiger partial charge in [0.1, 0.15) is 35.0 Å². The van der Waals surface area contributed by atoms with Gasteiger partial charge in [-0.25, -0.2) is 0 Å². The second-order valence-electron chi connectivity index (χ2n) is 7.09. The van der Waals surface area contributed by atoms with E-state index in [4.69, 9.17) is 13.9 Å². The molecule has 1 fully saturated rings. The van der Waals surface area contributed by atoms with Crippen molar-refractivity contribution in [1.82, 2.24) is 0 Å². The third-order valence-corrected chi connectivity index (χ3v) is 5.03. The highest BCUT2D eigenvalue weighted by atomic mass is 16.7. The number of rotatable bonds is 3. The molecule has 1 aliphatic heterocycles. The minimum absolute atomic E-state index is 0.0716. The number of fused-ring (bicyclic) bond motifs is 1. The Bertz CT molecular complexity index is 1120. The predicted molar refractivity (Wildman–Crippen MR) is 104 cm³/mol. The van der Waals surface area contributed by atoms with Crippen LogP contribution in [0.15, 0.2) is 51.7 Å². The van der Waals surface area contributed by atoms with Crippen LogP contribution >= 0.6 is 0 Å². The Balaban J connectivity index is 1.76. The largest absolute Gasteiger partial charge is 0.504 e. The summed E-state index contributed by atoms with van der Waals surface area (Å²) in [6, 6.07) is 11.1. The van der Waals surface area contributed by atoms with Gasteiger partial charge in [0, 0.05) is 17.7 Å². The fourth-order valence-electron chi connectivity index (χ4n) is 3.36. The predicted octanol–water partition coefficient (Wildman–Crippen LogP) is 1.08. The third-order valence-electron chi connectivity index (χ3n) is 5.03. The first-order chi connectivity index (χ1) is 14.3. The Kier molecular flexibility index (Phi) is 5.12.